The Balaban J connectivity index is 1.62. The third-order valence-electron chi connectivity index (χ3n) is 5.95. The summed E-state index contributed by atoms with van der Waals surface area (Å²) < 4.78 is 0.932. The molecule has 0 radical (unpaired) electrons. The van der Waals surface area contributed by atoms with Crippen molar-refractivity contribution >= 4 is 43.9 Å². The Morgan fingerprint density at radius 2 is 1.97 bits per heavy atom. The minimum absolute atomic E-state index is 0.0783. The number of rotatable bonds is 8. The topological polar surface area (TPSA) is 70.0 Å². The first kappa shape index (κ1) is 21.6. The summed E-state index contributed by atoms with van der Waals surface area (Å²) in [7, 11) is 0. The van der Waals surface area contributed by atoms with E-state index in [1.165, 1.54) is 12.8 Å². The molecule has 1 aliphatic rings. The molecule has 0 fully saturated rings. The second-order valence-electron chi connectivity index (χ2n) is 8.43. The van der Waals surface area contributed by atoms with Gasteiger partial charge in [-0.05, 0) is 48.9 Å². The second-order valence-corrected chi connectivity index (χ2v) is 9.35. The van der Waals surface area contributed by atoms with Crippen molar-refractivity contribution in [2.75, 3.05) is 6.61 Å². The van der Waals surface area contributed by atoms with Gasteiger partial charge in [-0.1, -0.05) is 66.5 Å². The lowest BCUT2D eigenvalue weighted by Gasteiger charge is -2.15. The van der Waals surface area contributed by atoms with Gasteiger partial charge in [-0.3, -0.25) is 0 Å². The fourth-order valence-electron chi connectivity index (χ4n) is 4.06. The third-order valence-corrected chi connectivity index (χ3v) is 6.45. The summed E-state index contributed by atoms with van der Waals surface area (Å²) in [5.74, 6) is 1.40. The van der Waals surface area contributed by atoms with Crippen molar-refractivity contribution in [3.8, 4) is 5.88 Å². The molecule has 0 saturated heterocycles. The Labute approximate surface area is 191 Å². The van der Waals surface area contributed by atoms with Crippen LogP contribution in [0.4, 0.5) is 5.69 Å². The summed E-state index contributed by atoms with van der Waals surface area (Å²) in [5.41, 5.74) is 4.49. The average molecular weight is 482 g/mol. The smallest absolute Gasteiger partial charge is 0.199 e. The first-order chi connectivity index (χ1) is 15.0. The number of oxime groups is 1. The molecule has 2 N–H and O–H groups in total. The molecule has 0 amide bonds. The number of H-pyrrole nitrogens is 1. The van der Waals surface area contributed by atoms with Gasteiger partial charge in [0.1, 0.15) is 18.0 Å². The molecule has 0 bridgehead atoms. The van der Waals surface area contributed by atoms with E-state index < -0.39 is 0 Å². The Hall–Kier alpha value is -2.60. The van der Waals surface area contributed by atoms with Crippen molar-refractivity contribution in [1.29, 1.82) is 0 Å². The van der Waals surface area contributed by atoms with Gasteiger partial charge in [0.05, 0.1) is 11.3 Å². The Morgan fingerprint density at radius 3 is 2.77 bits per heavy atom. The summed E-state index contributed by atoms with van der Waals surface area (Å²) >= 11 is 3.52. The molecule has 0 saturated carbocycles. The average Bonchev–Trinajstić information content (AvgIpc) is 3.27. The van der Waals surface area contributed by atoms with Gasteiger partial charge >= 0.3 is 0 Å². The van der Waals surface area contributed by atoms with Crippen LogP contribution in [0.5, 0.6) is 5.88 Å². The van der Waals surface area contributed by atoms with Crippen molar-refractivity contribution < 1.29 is 9.94 Å². The molecular weight excluding hydrogens is 454 g/mol. The van der Waals surface area contributed by atoms with Crippen LogP contribution in [-0.4, -0.2) is 28.1 Å². The minimum atomic E-state index is 0.0783. The van der Waals surface area contributed by atoms with Crippen LogP contribution in [0.2, 0.25) is 0 Å². The second kappa shape index (κ2) is 9.27. The molecule has 162 valence electrons. The first-order valence-corrected chi connectivity index (χ1v) is 11.7. The first-order valence-electron chi connectivity index (χ1n) is 10.9. The number of halogens is 1. The number of hydrogen-bond donors (Lipinski definition) is 2. The van der Waals surface area contributed by atoms with Gasteiger partial charge < -0.3 is 14.9 Å². The van der Waals surface area contributed by atoms with Crippen molar-refractivity contribution in [3.63, 3.8) is 0 Å². The maximum atomic E-state index is 10.7. The predicted octanol–water partition coefficient (Wildman–Crippen LogP) is 6.95. The quantitative estimate of drug-likeness (QED) is 0.269. The number of fused-ring (bicyclic) bond motifs is 2. The number of aromatic amines is 1. The van der Waals surface area contributed by atoms with E-state index in [4.69, 9.17) is 9.83 Å². The maximum absolute atomic E-state index is 10.7. The Bertz CT molecular complexity index is 1150. The molecule has 6 heteroatoms. The van der Waals surface area contributed by atoms with E-state index in [1.54, 1.807) is 0 Å². The van der Waals surface area contributed by atoms with Crippen LogP contribution in [0.1, 0.15) is 51.2 Å². The monoisotopic (exact) mass is 481 g/mol. The Morgan fingerprint density at radius 1 is 1.16 bits per heavy atom. The summed E-state index contributed by atoms with van der Waals surface area (Å²) in [6.07, 6.45) is 3.36. The standard InChI is InChI=1S/C25H28BrN3O2/c1-4-15(2)13-16(3)11-12-31-29-23-18-7-5-6-8-20(18)27-24(23)22-19-14-17(26)9-10-21(19)28-25(22)30/h5-10,14-16,28,30H,4,11-13H2,1-3H3/b29-23+. The van der Waals surface area contributed by atoms with Gasteiger partial charge in [0.25, 0.3) is 0 Å². The molecule has 2 unspecified atom stereocenters. The molecule has 2 heterocycles. The molecule has 0 spiro atoms. The molecule has 1 aliphatic heterocycles. The fourth-order valence-corrected chi connectivity index (χ4v) is 4.43. The largest absolute Gasteiger partial charge is 0.494 e. The number of benzene rings is 2. The van der Waals surface area contributed by atoms with Crippen LogP contribution >= 0.6 is 15.9 Å². The number of para-hydroxylation sites is 1. The van der Waals surface area contributed by atoms with E-state index >= 15 is 0 Å². The van der Waals surface area contributed by atoms with Crippen molar-refractivity contribution in [3.05, 3.63) is 58.1 Å². The summed E-state index contributed by atoms with van der Waals surface area (Å²) in [5, 5.41) is 16.1. The number of aromatic nitrogens is 1. The third kappa shape index (κ3) is 4.54. The van der Waals surface area contributed by atoms with Gasteiger partial charge in [-0.15, -0.1) is 0 Å². The summed E-state index contributed by atoms with van der Waals surface area (Å²) in [6, 6.07) is 13.7. The van der Waals surface area contributed by atoms with Gasteiger partial charge in [0.15, 0.2) is 5.88 Å². The molecule has 3 aromatic rings. The number of nitrogens with zero attached hydrogens (tertiary/aromatic N) is 2. The van der Waals surface area contributed by atoms with Crippen molar-refractivity contribution in [2.24, 2.45) is 22.0 Å². The highest BCUT2D eigenvalue weighted by Crippen LogP contribution is 2.36. The van der Waals surface area contributed by atoms with E-state index in [-0.39, 0.29) is 5.88 Å². The zero-order valence-electron chi connectivity index (χ0n) is 18.2. The van der Waals surface area contributed by atoms with Crippen LogP contribution in [-0.2, 0) is 4.84 Å². The Kier molecular flexibility index (Phi) is 6.46. The highest BCUT2D eigenvalue weighted by atomic mass is 79.9. The number of hydrogen-bond acceptors (Lipinski definition) is 4. The predicted molar refractivity (Wildman–Crippen MR) is 131 cm³/mol. The van der Waals surface area contributed by atoms with E-state index in [0.29, 0.717) is 29.5 Å². The van der Waals surface area contributed by atoms with Gasteiger partial charge in [-0.25, -0.2) is 4.99 Å². The van der Waals surface area contributed by atoms with Crippen LogP contribution in [0.15, 0.2) is 57.1 Å². The SMILES string of the molecule is CCC(C)CC(C)CCO/N=C1/C(c2c(O)[nH]c3ccc(Br)cc23)=Nc2ccccc21. The minimum Gasteiger partial charge on any atom is -0.494 e. The van der Waals surface area contributed by atoms with Gasteiger partial charge in [0, 0.05) is 20.9 Å². The van der Waals surface area contributed by atoms with E-state index in [0.717, 1.165) is 39.0 Å². The molecule has 1 aromatic heterocycles. The van der Waals surface area contributed by atoms with E-state index in [1.807, 2.05) is 42.5 Å². The lowest BCUT2D eigenvalue weighted by Crippen LogP contribution is -2.14. The van der Waals surface area contributed by atoms with Gasteiger partial charge in [0.2, 0.25) is 0 Å². The molecule has 5 nitrogen and oxygen atoms in total. The summed E-state index contributed by atoms with van der Waals surface area (Å²) in [6.45, 7) is 7.35. The zero-order valence-corrected chi connectivity index (χ0v) is 19.7. The molecule has 4 rings (SSSR count). The summed E-state index contributed by atoms with van der Waals surface area (Å²) in [4.78, 5) is 13.6. The lowest BCUT2D eigenvalue weighted by molar-refractivity contribution is 0.128. The van der Waals surface area contributed by atoms with Crippen molar-refractivity contribution in [2.45, 2.75) is 40.0 Å². The van der Waals surface area contributed by atoms with Crippen molar-refractivity contribution in [1.82, 2.24) is 4.98 Å². The molecule has 0 aliphatic carbocycles. The molecule has 31 heavy (non-hydrogen) atoms. The highest BCUT2D eigenvalue weighted by Gasteiger charge is 2.29. The van der Waals surface area contributed by atoms with Gasteiger partial charge in [-0.2, -0.15) is 0 Å². The number of aliphatic imine (C=N–C) groups is 1. The zero-order chi connectivity index (χ0) is 22.0. The molecule has 2 aromatic carbocycles. The highest BCUT2D eigenvalue weighted by molar-refractivity contribution is 9.10. The molecule has 2 atom stereocenters. The van der Waals surface area contributed by atoms with E-state index in [9.17, 15) is 5.11 Å². The number of nitrogens with one attached hydrogen (secondary N) is 1. The fraction of sp³-hybridized carbons (Fsp3) is 0.360. The van der Waals surface area contributed by atoms with Crippen LogP contribution in [0, 0.1) is 11.8 Å². The van der Waals surface area contributed by atoms with Crippen LogP contribution < -0.4 is 0 Å². The normalized spacial score (nSPS) is 16.4. The lowest BCUT2D eigenvalue weighted by atomic mass is 9.93. The van der Waals surface area contributed by atoms with Crippen LogP contribution in [0.3, 0.4) is 0 Å². The number of aromatic hydroxyl groups is 1. The van der Waals surface area contributed by atoms with Crippen LogP contribution in [0.25, 0.3) is 10.9 Å². The maximum Gasteiger partial charge on any atom is 0.199 e. The van der Waals surface area contributed by atoms with E-state index in [2.05, 4.69) is 46.8 Å². The molecular formula is C25H28BrN3O2.